The highest BCUT2D eigenvalue weighted by atomic mass is 32.1. The number of carbonyl (C=O) groups is 1. The van der Waals surface area contributed by atoms with Gasteiger partial charge in [-0.3, -0.25) is 10.1 Å². The van der Waals surface area contributed by atoms with Gasteiger partial charge in [0, 0.05) is 16.8 Å². The van der Waals surface area contributed by atoms with Crippen LogP contribution in [0.3, 0.4) is 0 Å². The van der Waals surface area contributed by atoms with E-state index in [9.17, 15) is 4.79 Å². The molecule has 0 aliphatic carbocycles. The third kappa shape index (κ3) is 4.66. The fourth-order valence-corrected chi connectivity index (χ4v) is 4.78. The normalized spacial score (nSPS) is 10.6. The lowest BCUT2D eigenvalue weighted by Crippen LogP contribution is -2.34. The number of rotatable bonds is 6. The third-order valence-corrected chi connectivity index (χ3v) is 6.53. The van der Waals surface area contributed by atoms with Crippen LogP contribution >= 0.6 is 23.6 Å². The van der Waals surface area contributed by atoms with E-state index in [1.807, 2.05) is 43.3 Å². The Morgan fingerprint density at radius 2 is 1.68 bits per heavy atom. The van der Waals surface area contributed by atoms with Gasteiger partial charge in [0.2, 0.25) is 5.75 Å². The quantitative estimate of drug-likeness (QED) is 0.347. The lowest BCUT2D eigenvalue weighted by atomic mass is 10.1. The number of hydrogen-bond donors (Lipinski definition) is 2. The third-order valence-electron chi connectivity index (χ3n) is 5.26. The number of fused-ring (bicyclic) bond motifs is 1. The second-order valence-corrected chi connectivity index (χ2v) is 8.73. The molecule has 0 saturated heterocycles. The number of aromatic nitrogens is 1. The maximum absolute atomic E-state index is 12.9. The van der Waals surface area contributed by atoms with Crippen molar-refractivity contribution in [2.75, 3.05) is 26.6 Å². The van der Waals surface area contributed by atoms with Crippen molar-refractivity contribution in [3.05, 3.63) is 65.7 Å². The smallest absolute Gasteiger partial charge is 0.257 e. The Kier molecular flexibility index (Phi) is 6.95. The number of thiocarbonyl (C=S) groups is 1. The summed E-state index contributed by atoms with van der Waals surface area (Å²) in [4.78, 5) is 17.6. The SMILES string of the molecule is COc1cc(C(=O)NC(=S)Nc2cccc(-c3nc4ccccc4s3)c2C)cc(OC)c1OC. The number of para-hydroxylation sites is 1. The van der Waals surface area contributed by atoms with Crippen molar-refractivity contribution in [1.82, 2.24) is 10.3 Å². The predicted molar refractivity (Wildman–Crippen MR) is 140 cm³/mol. The molecule has 9 heteroatoms. The minimum atomic E-state index is -0.406. The number of carbonyl (C=O) groups excluding carboxylic acids is 1. The first kappa shape index (κ1) is 23.5. The van der Waals surface area contributed by atoms with Crippen molar-refractivity contribution in [1.29, 1.82) is 0 Å². The summed E-state index contributed by atoms with van der Waals surface area (Å²) in [5.41, 5.74) is 4.05. The largest absolute Gasteiger partial charge is 0.493 e. The number of benzene rings is 3. The summed E-state index contributed by atoms with van der Waals surface area (Å²) < 4.78 is 17.1. The van der Waals surface area contributed by atoms with Gasteiger partial charge in [-0.2, -0.15) is 0 Å². The number of methoxy groups -OCH3 is 3. The van der Waals surface area contributed by atoms with Gasteiger partial charge in [0.1, 0.15) is 5.01 Å². The molecule has 0 bridgehead atoms. The van der Waals surface area contributed by atoms with E-state index < -0.39 is 5.91 Å². The average molecular weight is 494 g/mol. The molecule has 0 fully saturated rings. The number of nitrogens with one attached hydrogen (secondary N) is 2. The Hall–Kier alpha value is -3.69. The fraction of sp³-hybridized carbons (Fsp3) is 0.160. The highest BCUT2D eigenvalue weighted by Crippen LogP contribution is 2.38. The van der Waals surface area contributed by atoms with Crippen LogP contribution in [0.25, 0.3) is 20.8 Å². The molecular weight excluding hydrogens is 470 g/mol. The van der Waals surface area contributed by atoms with Crippen LogP contribution in [0.2, 0.25) is 0 Å². The lowest BCUT2D eigenvalue weighted by molar-refractivity contribution is 0.0977. The van der Waals surface area contributed by atoms with Gasteiger partial charge in [-0.15, -0.1) is 11.3 Å². The molecular formula is C25H23N3O4S2. The molecule has 0 aliphatic rings. The molecule has 1 heterocycles. The molecule has 1 amide bonds. The summed E-state index contributed by atoms with van der Waals surface area (Å²) in [6.45, 7) is 1.99. The van der Waals surface area contributed by atoms with E-state index in [-0.39, 0.29) is 5.11 Å². The van der Waals surface area contributed by atoms with Crippen LogP contribution in [0.4, 0.5) is 5.69 Å². The molecule has 4 aromatic rings. The first-order chi connectivity index (χ1) is 16.4. The van der Waals surface area contributed by atoms with Crippen LogP contribution in [-0.4, -0.2) is 37.3 Å². The summed E-state index contributed by atoms with van der Waals surface area (Å²) in [5, 5.41) is 6.93. The Morgan fingerprint density at radius 3 is 2.32 bits per heavy atom. The van der Waals surface area contributed by atoms with E-state index >= 15 is 0 Å². The molecule has 0 saturated carbocycles. The van der Waals surface area contributed by atoms with E-state index in [2.05, 4.69) is 16.7 Å². The van der Waals surface area contributed by atoms with E-state index in [1.54, 1.807) is 23.5 Å². The molecule has 0 unspecified atom stereocenters. The summed E-state index contributed by atoms with van der Waals surface area (Å²) in [5.74, 6) is 0.761. The van der Waals surface area contributed by atoms with Crippen molar-refractivity contribution in [3.8, 4) is 27.8 Å². The van der Waals surface area contributed by atoms with Gasteiger partial charge in [0.15, 0.2) is 16.6 Å². The van der Waals surface area contributed by atoms with Gasteiger partial charge in [0.25, 0.3) is 5.91 Å². The van der Waals surface area contributed by atoms with E-state index in [4.69, 9.17) is 31.4 Å². The summed E-state index contributed by atoms with van der Waals surface area (Å²) in [6.07, 6.45) is 0. The average Bonchev–Trinajstić information content (AvgIpc) is 3.28. The summed E-state index contributed by atoms with van der Waals surface area (Å²) >= 11 is 7.05. The molecule has 3 aromatic carbocycles. The van der Waals surface area contributed by atoms with Crippen molar-refractivity contribution < 1.29 is 19.0 Å². The first-order valence-corrected chi connectivity index (χ1v) is 11.6. The number of anilines is 1. The van der Waals surface area contributed by atoms with Gasteiger partial charge in [-0.05, 0) is 55.0 Å². The fourth-order valence-electron chi connectivity index (χ4n) is 3.53. The molecule has 0 atom stereocenters. The Labute approximate surface area is 206 Å². The first-order valence-electron chi connectivity index (χ1n) is 10.3. The monoisotopic (exact) mass is 493 g/mol. The van der Waals surface area contributed by atoms with Crippen LogP contribution < -0.4 is 24.8 Å². The van der Waals surface area contributed by atoms with Crippen LogP contribution in [0, 0.1) is 6.92 Å². The molecule has 7 nitrogen and oxygen atoms in total. The number of thiazole rings is 1. The van der Waals surface area contributed by atoms with Crippen LogP contribution in [-0.2, 0) is 0 Å². The highest BCUT2D eigenvalue weighted by molar-refractivity contribution is 7.80. The Morgan fingerprint density at radius 1 is 0.971 bits per heavy atom. The topological polar surface area (TPSA) is 81.7 Å². The molecule has 1 aromatic heterocycles. The summed E-state index contributed by atoms with van der Waals surface area (Å²) in [7, 11) is 4.49. The van der Waals surface area contributed by atoms with Gasteiger partial charge in [-0.1, -0.05) is 24.3 Å². The van der Waals surface area contributed by atoms with Crippen LogP contribution in [0.5, 0.6) is 17.2 Å². The van der Waals surface area contributed by atoms with Gasteiger partial charge in [-0.25, -0.2) is 4.98 Å². The zero-order chi connectivity index (χ0) is 24.2. The van der Waals surface area contributed by atoms with E-state index in [1.165, 1.54) is 21.3 Å². The number of hydrogen-bond acceptors (Lipinski definition) is 7. The van der Waals surface area contributed by atoms with E-state index in [0.717, 1.165) is 32.0 Å². The molecule has 2 N–H and O–H groups in total. The maximum Gasteiger partial charge on any atom is 0.257 e. The van der Waals surface area contributed by atoms with Crippen LogP contribution in [0.15, 0.2) is 54.6 Å². The molecule has 0 spiro atoms. The molecule has 174 valence electrons. The van der Waals surface area contributed by atoms with Gasteiger partial charge in [0.05, 0.1) is 31.5 Å². The predicted octanol–water partition coefficient (Wildman–Crippen LogP) is 5.42. The van der Waals surface area contributed by atoms with Crippen molar-refractivity contribution in [3.63, 3.8) is 0 Å². The number of ether oxygens (including phenoxy) is 3. The second-order valence-electron chi connectivity index (χ2n) is 7.29. The number of amides is 1. The lowest BCUT2D eigenvalue weighted by Gasteiger charge is -2.16. The molecule has 4 rings (SSSR count). The van der Waals surface area contributed by atoms with E-state index in [0.29, 0.717) is 22.8 Å². The van der Waals surface area contributed by atoms with Gasteiger partial charge >= 0.3 is 0 Å². The zero-order valence-corrected chi connectivity index (χ0v) is 20.7. The minimum Gasteiger partial charge on any atom is -0.493 e. The van der Waals surface area contributed by atoms with Gasteiger partial charge < -0.3 is 19.5 Å². The Bertz CT molecular complexity index is 1330. The number of nitrogens with zero attached hydrogens (tertiary/aromatic N) is 1. The van der Waals surface area contributed by atoms with Crippen molar-refractivity contribution in [2.24, 2.45) is 0 Å². The summed E-state index contributed by atoms with van der Waals surface area (Å²) in [6, 6.07) is 17.0. The van der Waals surface area contributed by atoms with Crippen molar-refractivity contribution >= 4 is 50.5 Å². The molecule has 34 heavy (non-hydrogen) atoms. The van der Waals surface area contributed by atoms with Crippen molar-refractivity contribution in [2.45, 2.75) is 6.92 Å². The second kappa shape index (κ2) is 10.1. The Balaban J connectivity index is 1.53. The zero-order valence-electron chi connectivity index (χ0n) is 19.1. The van der Waals surface area contributed by atoms with Crippen LogP contribution in [0.1, 0.15) is 15.9 Å². The highest BCUT2D eigenvalue weighted by Gasteiger charge is 2.18. The molecule has 0 aliphatic heterocycles. The standard InChI is InChI=1S/C25H23N3O4S2/c1-14-16(24-26-18-9-5-6-11-21(18)34-24)8-7-10-17(14)27-25(33)28-23(29)15-12-19(30-2)22(32-4)20(13-15)31-3/h5-13H,1-4H3,(H2,27,28,29,33). The molecule has 0 radical (unpaired) electrons. The maximum atomic E-state index is 12.9. The minimum absolute atomic E-state index is 0.170.